The first-order valence-corrected chi connectivity index (χ1v) is 17.7. The second kappa shape index (κ2) is 12.2. The number of ether oxygens (including phenoxy) is 2. The molecule has 0 aromatic heterocycles. The number of aliphatic hydroxyl groups is 1. The number of benzene rings is 1. The fourth-order valence-corrected chi connectivity index (χ4v) is 10.6. The van der Waals surface area contributed by atoms with Crippen LogP contribution in [0.25, 0.3) is 6.08 Å². The van der Waals surface area contributed by atoms with Crippen LogP contribution in [0.1, 0.15) is 96.5 Å². The molecule has 3 unspecified atom stereocenters. The van der Waals surface area contributed by atoms with E-state index in [1.54, 1.807) is 12.7 Å². The van der Waals surface area contributed by atoms with E-state index in [1.165, 1.54) is 96.0 Å². The molecule has 5 fully saturated rings. The standard InChI is InChI=1S/C38H56N2O3/c1-37-15-13-30(40-19-7-8-20-40)26-29(37)10-11-31-32(37)14-16-38(2)33(31)25-28(36(38)41)23-27-9-12-34(35(24-27)42-3)43-22-21-39-17-5-4-6-18-39/h9-10,12,23-24,30-33,36,41H,4-8,11,13-22,25-26H2,1-3H3/b28-23+/t30-,31?,32?,33?,36-,37-,38-/m0/s1. The molecule has 0 amide bonds. The van der Waals surface area contributed by atoms with Crippen LogP contribution in [0.5, 0.6) is 11.5 Å². The van der Waals surface area contributed by atoms with Gasteiger partial charge in [0.15, 0.2) is 11.5 Å². The van der Waals surface area contributed by atoms with Gasteiger partial charge in [-0.1, -0.05) is 44.1 Å². The highest BCUT2D eigenvalue weighted by molar-refractivity contribution is 5.60. The van der Waals surface area contributed by atoms with Crippen molar-refractivity contribution < 1.29 is 14.6 Å². The third-order valence-electron chi connectivity index (χ3n) is 13.3. The van der Waals surface area contributed by atoms with Crippen LogP contribution >= 0.6 is 0 Å². The Morgan fingerprint density at radius 1 is 0.930 bits per heavy atom. The van der Waals surface area contributed by atoms with Crippen molar-refractivity contribution in [1.29, 1.82) is 0 Å². The number of allylic oxidation sites excluding steroid dienone is 1. The molecular weight excluding hydrogens is 532 g/mol. The highest BCUT2D eigenvalue weighted by Crippen LogP contribution is 2.66. The van der Waals surface area contributed by atoms with Crippen molar-refractivity contribution in [3.8, 4) is 11.5 Å². The van der Waals surface area contributed by atoms with Gasteiger partial charge in [0.25, 0.3) is 0 Å². The predicted octanol–water partition coefficient (Wildman–Crippen LogP) is 7.34. The van der Waals surface area contributed by atoms with E-state index in [-0.39, 0.29) is 11.5 Å². The molecule has 0 bridgehead atoms. The minimum absolute atomic E-state index is 0.0248. The Morgan fingerprint density at radius 3 is 2.51 bits per heavy atom. The molecule has 43 heavy (non-hydrogen) atoms. The molecule has 236 valence electrons. The van der Waals surface area contributed by atoms with E-state index in [0.29, 0.717) is 23.9 Å². The van der Waals surface area contributed by atoms with Gasteiger partial charge in [0.05, 0.1) is 13.2 Å². The minimum Gasteiger partial charge on any atom is -0.493 e. The number of nitrogens with zero attached hydrogens (tertiary/aromatic N) is 2. The molecule has 0 radical (unpaired) electrons. The number of hydrogen-bond donors (Lipinski definition) is 1. The summed E-state index contributed by atoms with van der Waals surface area (Å²) in [6.45, 7) is 11.7. The fourth-order valence-electron chi connectivity index (χ4n) is 10.6. The molecule has 2 heterocycles. The van der Waals surface area contributed by atoms with Gasteiger partial charge in [-0.05, 0) is 143 Å². The fraction of sp³-hybridized carbons (Fsp3) is 0.737. The summed E-state index contributed by atoms with van der Waals surface area (Å²) in [4.78, 5) is 5.29. The van der Waals surface area contributed by atoms with E-state index < -0.39 is 0 Å². The summed E-state index contributed by atoms with van der Waals surface area (Å²) in [7, 11) is 1.73. The molecule has 1 aromatic carbocycles. The lowest BCUT2D eigenvalue weighted by atomic mass is 9.48. The summed E-state index contributed by atoms with van der Waals surface area (Å²) in [5.74, 6) is 3.60. The van der Waals surface area contributed by atoms with E-state index in [4.69, 9.17) is 9.47 Å². The summed E-state index contributed by atoms with van der Waals surface area (Å²) < 4.78 is 11.9. The second-order valence-electron chi connectivity index (χ2n) is 15.4. The summed E-state index contributed by atoms with van der Waals surface area (Å²) in [5, 5.41) is 11.8. The summed E-state index contributed by atoms with van der Waals surface area (Å²) in [6.07, 6.45) is 20.0. The normalized spacial score (nSPS) is 39.2. The Morgan fingerprint density at radius 2 is 1.72 bits per heavy atom. The van der Waals surface area contributed by atoms with Gasteiger partial charge in [0.1, 0.15) is 6.61 Å². The third-order valence-corrected chi connectivity index (χ3v) is 13.3. The van der Waals surface area contributed by atoms with Crippen molar-refractivity contribution in [2.45, 2.75) is 103 Å². The maximum atomic E-state index is 11.8. The highest BCUT2D eigenvalue weighted by atomic mass is 16.5. The Balaban J connectivity index is 1.05. The molecule has 5 heteroatoms. The van der Waals surface area contributed by atoms with Crippen molar-refractivity contribution in [3.63, 3.8) is 0 Å². The highest BCUT2D eigenvalue weighted by Gasteiger charge is 2.59. The first-order chi connectivity index (χ1) is 20.9. The monoisotopic (exact) mass is 588 g/mol. The average Bonchev–Trinajstić information content (AvgIpc) is 3.65. The van der Waals surface area contributed by atoms with Crippen molar-refractivity contribution in [2.24, 2.45) is 28.6 Å². The van der Waals surface area contributed by atoms with Crippen LogP contribution in [0, 0.1) is 28.6 Å². The third kappa shape index (κ3) is 5.50. The lowest BCUT2D eigenvalue weighted by molar-refractivity contribution is -0.0662. The lowest BCUT2D eigenvalue weighted by Gasteiger charge is -2.58. The zero-order valence-corrected chi connectivity index (χ0v) is 27.2. The molecule has 7 atom stereocenters. The van der Waals surface area contributed by atoms with E-state index in [9.17, 15) is 5.11 Å². The lowest BCUT2D eigenvalue weighted by Crippen LogP contribution is -2.52. The summed E-state index contributed by atoms with van der Waals surface area (Å²) in [6, 6.07) is 7.07. The number of rotatable bonds is 7. The maximum absolute atomic E-state index is 11.8. The van der Waals surface area contributed by atoms with E-state index >= 15 is 0 Å². The molecule has 1 N–H and O–H groups in total. The molecule has 7 rings (SSSR count). The average molecular weight is 589 g/mol. The van der Waals surface area contributed by atoms with Gasteiger partial charge < -0.3 is 19.5 Å². The van der Waals surface area contributed by atoms with Crippen molar-refractivity contribution >= 4 is 6.08 Å². The van der Waals surface area contributed by atoms with Crippen molar-refractivity contribution in [2.75, 3.05) is 46.4 Å². The topological polar surface area (TPSA) is 45.2 Å². The van der Waals surface area contributed by atoms with Crippen LogP contribution in [0.15, 0.2) is 35.4 Å². The Hall–Kier alpha value is -1.82. The van der Waals surface area contributed by atoms with Crippen LogP contribution in [0.3, 0.4) is 0 Å². The van der Waals surface area contributed by atoms with Crippen LogP contribution in [0.4, 0.5) is 0 Å². The number of aliphatic hydroxyl groups excluding tert-OH is 1. The van der Waals surface area contributed by atoms with E-state index in [2.05, 4.69) is 54.0 Å². The SMILES string of the molecule is COc1cc(/C=C2\CC3C4CC=C5C[C@@H](N6CCCC6)CC[C@]5(C)C4CC[C@]3(C)[C@H]2O)ccc1OCCN1CCCCC1. The Labute approximate surface area is 260 Å². The first-order valence-electron chi connectivity index (χ1n) is 17.7. The summed E-state index contributed by atoms with van der Waals surface area (Å²) >= 11 is 0. The molecule has 6 aliphatic rings. The minimum atomic E-state index is -0.367. The predicted molar refractivity (Wildman–Crippen MR) is 174 cm³/mol. The molecular formula is C38H56N2O3. The summed E-state index contributed by atoms with van der Waals surface area (Å²) in [5.41, 5.74) is 4.43. The van der Waals surface area contributed by atoms with E-state index in [1.807, 2.05) is 0 Å². The van der Waals surface area contributed by atoms with E-state index in [0.717, 1.165) is 48.4 Å². The number of piperidine rings is 1. The van der Waals surface area contributed by atoms with Crippen molar-refractivity contribution in [3.05, 3.63) is 41.0 Å². The molecule has 0 spiro atoms. The van der Waals surface area contributed by atoms with Crippen LogP contribution in [-0.2, 0) is 0 Å². The van der Waals surface area contributed by atoms with Gasteiger partial charge in [-0.2, -0.15) is 0 Å². The Kier molecular flexibility index (Phi) is 8.46. The van der Waals surface area contributed by atoms with Gasteiger partial charge in [-0.25, -0.2) is 0 Å². The first kappa shape index (κ1) is 29.9. The Bertz CT molecular complexity index is 1210. The number of likely N-dealkylation sites (tertiary alicyclic amines) is 2. The van der Waals surface area contributed by atoms with Crippen LogP contribution in [0.2, 0.25) is 0 Å². The van der Waals surface area contributed by atoms with Crippen LogP contribution in [-0.4, -0.2) is 73.5 Å². The molecule has 2 saturated heterocycles. The quantitative estimate of drug-likeness (QED) is 0.338. The van der Waals surface area contributed by atoms with Crippen LogP contribution < -0.4 is 9.47 Å². The number of fused-ring (bicyclic) bond motifs is 5. The molecule has 4 aliphatic carbocycles. The molecule has 1 aromatic rings. The molecule has 5 nitrogen and oxygen atoms in total. The zero-order valence-electron chi connectivity index (χ0n) is 27.2. The smallest absolute Gasteiger partial charge is 0.161 e. The zero-order chi connectivity index (χ0) is 29.6. The molecule has 2 aliphatic heterocycles. The van der Waals surface area contributed by atoms with Gasteiger partial charge >= 0.3 is 0 Å². The second-order valence-corrected chi connectivity index (χ2v) is 15.4. The largest absolute Gasteiger partial charge is 0.493 e. The van der Waals surface area contributed by atoms with Gasteiger partial charge in [0.2, 0.25) is 0 Å². The van der Waals surface area contributed by atoms with Gasteiger partial charge in [-0.3, -0.25) is 4.90 Å². The van der Waals surface area contributed by atoms with Gasteiger partial charge in [-0.15, -0.1) is 0 Å². The number of methoxy groups -OCH3 is 1. The van der Waals surface area contributed by atoms with Crippen molar-refractivity contribution in [1.82, 2.24) is 9.80 Å². The van der Waals surface area contributed by atoms with Gasteiger partial charge in [0, 0.05) is 18.0 Å². The molecule has 3 saturated carbocycles. The number of hydrogen-bond acceptors (Lipinski definition) is 5. The maximum Gasteiger partial charge on any atom is 0.161 e.